The molecule has 1 aromatic heterocycles. The Morgan fingerprint density at radius 3 is 2.55 bits per heavy atom. The Morgan fingerprint density at radius 2 is 1.93 bits per heavy atom. The zero-order valence-corrected chi connectivity index (χ0v) is 16.9. The van der Waals surface area contributed by atoms with Gasteiger partial charge in [-0.3, -0.25) is 14.9 Å². The van der Waals surface area contributed by atoms with E-state index in [0.29, 0.717) is 5.69 Å². The highest BCUT2D eigenvalue weighted by Crippen LogP contribution is 2.29. The number of non-ortho nitro benzene ring substituents is 1. The van der Waals surface area contributed by atoms with Gasteiger partial charge in [0.25, 0.3) is 11.6 Å². The van der Waals surface area contributed by atoms with Gasteiger partial charge in [-0.15, -0.1) is 11.3 Å². The van der Waals surface area contributed by atoms with E-state index in [1.54, 1.807) is 11.3 Å². The minimum absolute atomic E-state index is 0.00398. The summed E-state index contributed by atoms with van der Waals surface area (Å²) in [7, 11) is 1.41. The summed E-state index contributed by atoms with van der Waals surface area (Å²) in [6, 6.07) is 17.8. The summed E-state index contributed by atoms with van der Waals surface area (Å²) < 4.78 is 5.20. The molecule has 3 aromatic rings. The lowest BCUT2D eigenvalue weighted by molar-refractivity contribution is -0.703. The average molecular weight is 412 g/mol. The third-order valence-corrected chi connectivity index (χ3v) is 5.51. The molecule has 1 heterocycles. The van der Waals surface area contributed by atoms with Gasteiger partial charge in [-0.05, 0) is 24.4 Å². The highest BCUT2D eigenvalue weighted by atomic mass is 32.1. The van der Waals surface area contributed by atoms with E-state index in [-0.39, 0.29) is 23.4 Å². The fourth-order valence-corrected chi connectivity index (χ4v) is 3.85. The van der Waals surface area contributed by atoms with Crippen LogP contribution >= 0.6 is 11.3 Å². The van der Waals surface area contributed by atoms with Crippen molar-refractivity contribution >= 4 is 28.6 Å². The van der Waals surface area contributed by atoms with Crippen LogP contribution in [0.5, 0.6) is 5.75 Å². The molecule has 0 aliphatic rings. The number of nitrogens with one attached hydrogen (secondary N) is 1. The van der Waals surface area contributed by atoms with Gasteiger partial charge in [-0.2, -0.15) is 0 Å². The second-order valence-electron chi connectivity index (χ2n) is 6.52. The van der Waals surface area contributed by atoms with Gasteiger partial charge < -0.3 is 15.4 Å². The maximum atomic E-state index is 12.8. The van der Waals surface area contributed by atoms with Gasteiger partial charge in [0.15, 0.2) is 6.04 Å². The third kappa shape index (κ3) is 4.98. The van der Waals surface area contributed by atoms with Crippen molar-refractivity contribution in [2.75, 3.05) is 12.4 Å². The lowest BCUT2D eigenvalue weighted by Gasteiger charge is -2.20. The number of rotatable bonds is 8. The van der Waals surface area contributed by atoms with E-state index < -0.39 is 11.0 Å². The van der Waals surface area contributed by atoms with Crippen molar-refractivity contribution in [3.8, 4) is 5.75 Å². The summed E-state index contributed by atoms with van der Waals surface area (Å²) in [6.07, 6.45) is 0. The average Bonchev–Trinajstić information content (AvgIpc) is 3.27. The molecular formula is C21H22N3O4S+. The molecule has 0 radical (unpaired) electrons. The topological polar surface area (TPSA) is 98.1 Å². The number of anilines is 1. The van der Waals surface area contributed by atoms with Crippen molar-refractivity contribution in [2.24, 2.45) is 0 Å². The molecule has 7 nitrogen and oxygen atoms in total. The molecule has 150 valence electrons. The highest BCUT2D eigenvalue weighted by molar-refractivity contribution is 7.10. The van der Waals surface area contributed by atoms with Crippen LogP contribution in [0.3, 0.4) is 0 Å². The number of hydrogen-bond donors (Lipinski definition) is 2. The van der Waals surface area contributed by atoms with Crippen LogP contribution in [0.4, 0.5) is 11.4 Å². The molecule has 29 heavy (non-hydrogen) atoms. The zero-order valence-electron chi connectivity index (χ0n) is 16.1. The van der Waals surface area contributed by atoms with Crippen LogP contribution in [-0.2, 0) is 4.79 Å². The fourth-order valence-electron chi connectivity index (χ4n) is 3.02. The number of carbonyl (C=O) groups excluding carboxylic acids is 1. The van der Waals surface area contributed by atoms with Crippen LogP contribution in [0.2, 0.25) is 0 Å². The maximum Gasteiger partial charge on any atom is 0.282 e. The van der Waals surface area contributed by atoms with Crippen molar-refractivity contribution in [2.45, 2.75) is 19.0 Å². The summed E-state index contributed by atoms with van der Waals surface area (Å²) in [4.78, 5) is 24.4. The van der Waals surface area contributed by atoms with Gasteiger partial charge in [-0.1, -0.05) is 36.4 Å². The maximum absolute atomic E-state index is 12.8. The second kappa shape index (κ2) is 9.31. The Labute approximate surface area is 172 Å². The number of nitro benzene ring substituents is 1. The standard InChI is InChI=1S/C21H21N3O4S/c1-14(21(25)23-17-11-10-16(24(26)27)13-18(17)28-2)22-20(19-9-6-12-29-19)15-7-4-3-5-8-15/h3-14,20,22H,1-2H3,(H,23,25)/p+1/t14-,20-/m1/s1. The molecule has 0 bridgehead atoms. The molecule has 0 unspecified atom stereocenters. The molecule has 2 aromatic carbocycles. The number of carbonyl (C=O) groups is 1. The van der Waals surface area contributed by atoms with Gasteiger partial charge in [0.05, 0.1) is 28.7 Å². The van der Waals surface area contributed by atoms with Crippen LogP contribution in [0.15, 0.2) is 66.0 Å². The van der Waals surface area contributed by atoms with Crippen molar-refractivity contribution in [3.63, 3.8) is 0 Å². The summed E-state index contributed by atoms with van der Waals surface area (Å²) in [6.45, 7) is 1.83. The third-order valence-electron chi connectivity index (χ3n) is 4.56. The predicted molar refractivity (Wildman–Crippen MR) is 112 cm³/mol. The molecule has 2 atom stereocenters. The summed E-state index contributed by atoms with van der Waals surface area (Å²) in [5.41, 5.74) is 1.42. The van der Waals surface area contributed by atoms with Crippen molar-refractivity contribution in [3.05, 3.63) is 86.6 Å². The van der Waals surface area contributed by atoms with Crippen LogP contribution in [0, 0.1) is 10.1 Å². The fraction of sp³-hybridized carbons (Fsp3) is 0.190. The number of thiophene rings is 1. The van der Waals surface area contributed by atoms with E-state index in [1.807, 2.05) is 54.0 Å². The lowest BCUT2D eigenvalue weighted by Crippen LogP contribution is -2.92. The Morgan fingerprint density at radius 1 is 1.17 bits per heavy atom. The van der Waals surface area contributed by atoms with Crippen LogP contribution in [0.1, 0.15) is 23.4 Å². The van der Waals surface area contributed by atoms with Crippen molar-refractivity contribution in [1.82, 2.24) is 0 Å². The summed E-state index contributed by atoms with van der Waals surface area (Å²) in [5.74, 6) is 0.0345. The number of ether oxygens (including phenoxy) is 1. The predicted octanol–water partition coefficient (Wildman–Crippen LogP) is 3.34. The highest BCUT2D eigenvalue weighted by Gasteiger charge is 2.26. The molecule has 0 spiro atoms. The number of nitro groups is 1. The molecule has 0 fully saturated rings. The Kier molecular flexibility index (Phi) is 6.58. The molecule has 0 saturated carbocycles. The molecular weight excluding hydrogens is 390 g/mol. The van der Waals surface area contributed by atoms with Gasteiger partial charge in [0, 0.05) is 11.6 Å². The van der Waals surface area contributed by atoms with Crippen LogP contribution < -0.4 is 15.4 Å². The number of benzene rings is 2. The first-order chi connectivity index (χ1) is 14.0. The molecule has 0 saturated heterocycles. The van der Waals surface area contributed by atoms with E-state index in [1.165, 1.54) is 25.3 Å². The minimum Gasteiger partial charge on any atom is -0.494 e. The van der Waals surface area contributed by atoms with E-state index >= 15 is 0 Å². The van der Waals surface area contributed by atoms with E-state index in [4.69, 9.17) is 4.74 Å². The van der Waals surface area contributed by atoms with Crippen molar-refractivity contribution < 1.29 is 19.8 Å². The number of quaternary nitrogens is 1. The SMILES string of the molecule is COc1cc([N+](=O)[O-])ccc1NC(=O)[C@@H](C)[NH2+][C@H](c1ccccc1)c1cccs1. The molecule has 0 aliphatic carbocycles. The molecule has 8 heteroatoms. The monoisotopic (exact) mass is 412 g/mol. The Balaban J connectivity index is 1.76. The number of hydrogen-bond acceptors (Lipinski definition) is 5. The summed E-state index contributed by atoms with van der Waals surface area (Å²) >= 11 is 1.65. The van der Waals surface area contributed by atoms with Gasteiger partial charge in [-0.25, -0.2) is 0 Å². The molecule has 3 rings (SSSR count). The lowest BCUT2D eigenvalue weighted by atomic mass is 10.0. The van der Waals surface area contributed by atoms with Gasteiger partial charge in [0.1, 0.15) is 11.8 Å². The minimum atomic E-state index is -0.504. The van der Waals surface area contributed by atoms with E-state index in [2.05, 4.69) is 11.4 Å². The zero-order chi connectivity index (χ0) is 20.8. The first-order valence-electron chi connectivity index (χ1n) is 9.06. The normalized spacial score (nSPS) is 12.8. The van der Waals surface area contributed by atoms with Crippen LogP contribution in [0.25, 0.3) is 0 Å². The largest absolute Gasteiger partial charge is 0.494 e. The first kappa shape index (κ1) is 20.5. The number of amides is 1. The number of methoxy groups -OCH3 is 1. The van der Waals surface area contributed by atoms with Crippen molar-refractivity contribution in [1.29, 1.82) is 0 Å². The molecule has 3 N–H and O–H groups in total. The van der Waals surface area contributed by atoms with Gasteiger partial charge in [0.2, 0.25) is 0 Å². The Bertz CT molecular complexity index is 977. The smallest absolute Gasteiger partial charge is 0.282 e. The van der Waals surface area contributed by atoms with E-state index in [9.17, 15) is 14.9 Å². The van der Waals surface area contributed by atoms with Gasteiger partial charge >= 0.3 is 0 Å². The first-order valence-corrected chi connectivity index (χ1v) is 9.94. The molecule has 1 amide bonds. The van der Waals surface area contributed by atoms with Crippen LogP contribution in [-0.4, -0.2) is 24.0 Å². The quantitative estimate of drug-likeness (QED) is 0.438. The number of nitrogens with zero attached hydrogens (tertiary/aromatic N) is 1. The van der Waals surface area contributed by atoms with E-state index in [0.717, 1.165) is 10.4 Å². The number of nitrogens with two attached hydrogens (primary N) is 1. The molecule has 0 aliphatic heterocycles. The Hall–Kier alpha value is -3.23. The second-order valence-corrected chi connectivity index (χ2v) is 7.50. The summed E-state index contributed by atoms with van der Waals surface area (Å²) in [5, 5.41) is 17.8.